The number of hydrogen-bond donors (Lipinski definition) is 0. The lowest BCUT2D eigenvalue weighted by molar-refractivity contribution is 0.157. The Morgan fingerprint density at radius 2 is 2.15 bits per heavy atom. The van der Waals surface area contributed by atoms with E-state index < -0.39 is 0 Å². The summed E-state index contributed by atoms with van der Waals surface area (Å²) in [4.78, 5) is 2.69. The summed E-state index contributed by atoms with van der Waals surface area (Å²) >= 11 is 0. The molecule has 0 saturated heterocycles. The Morgan fingerprint density at radius 3 is 2.62 bits per heavy atom. The molecule has 0 aromatic carbocycles. The van der Waals surface area contributed by atoms with E-state index in [0.29, 0.717) is 5.54 Å². The molecule has 0 atom stereocenters. The van der Waals surface area contributed by atoms with E-state index in [0.717, 1.165) is 6.04 Å². The van der Waals surface area contributed by atoms with Gasteiger partial charge in [0.1, 0.15) is 0 Å². The van der Waals surface area contributed by atoms with Crippen LogP contribution in [0.3, 0.4) is 0 Å². The minimum atomic E-state index is 0.512. The predicted octanol–water partition coefficient (Wildman–Crippen LogP) is 2.97. The fraction of sp³-hybridized carbons (Fsp3) is 0.833. The summed E-state index contributed by atoms with van der Waals surface area (Å²) in [5.74, 6) is 0. The molecule has 0 aromatic heterocycles. The zero-order chi connectivity index (χ0) is 9.47. The molecule has 0 N–H and O–H groups in total. The van der Waals surface area contributed by atoms with Crippen LogP contribution in [-0.4, -0.2) is 23.0 Å². The molecule has 2 rings (SSSR count). The molecule has 0 radical (unpaired) electrons. The molecule has 1 heterocycles. The molecule has 0 bridgehead atoms. The molecule has 0 aromatic rings. The summed E-state index contributed by atoms with van der Waals surface area (Å²) in [5.41, 5.74) is 2.20. The van der Waals surface area contributed by atoms with Gasteiger partial charge >= 0.3 is 0 Å². The van der Waals surface area contributed by atoms with Crippen molar-refractivity contribution in [3.05, 3.63) is 11.6 Å². The Kier molecular flexibility index (Phi) is 2.23. The molecular formula is C12H21N. The van der Waals surface area contributed by atoms with E-state index >= 15 is 0 Å². The first kappa shape index (κ1) is 9.26. The Hall–Kier alpha value is -0.300. The molecule has 1 heteroatoms. The van der Waals surface area contributed by atoms with Gasteiger partial charge in [-0.2, -0.15) is 0 Å². The smallest absolute Gasteiger partial charge is 0.0398 e. The topological polar surface area (TPSA) is 3.24 Å². The van der Waals surface area contributed by atoms with Gasteiger partial charge in [-0.1, -0.05) is 18.6 Å². The fourth-order valence-corrected chi connectivity index (χ4v) is 2.63. The second-order valence-electron chi connectivity index (χ2n) is 4.80. The van der Waals surface area contributed by atoms with Crippen LogP contribution in [0.1, 0.15) is 46.5 Å². The van der Waals surface area contributed by atoms with E-state index in [1.54, 1.807) is 5.57 Å². The van der Waals surface area contributed by atoms with Gasteiger partial charge in [0.25, 0.3) is 0 Å². The molecule has 0 unspecified atom stereocenters. The largest absolute Gasteiger partial charge is 0.291 e. The quantitative estimate of drug-likeness (QED) is 0.589. The van der Waals surface area contributed by atoms with Gasteiger partial charge in [-0.25, -0.2) is 0 Å². The second-order valence-corrected chi connectivity index (χ2v) is 4.80. The van der Waals surface area contributed by atoms with Crippen LogP contribution >= 0.6 is 0 Å². The first-order valence-electron chi connectivity index (χ1n) is 5.65. The van der Waals surface area contributed by atoms with E-state index in [2.05, 4.69) is 31.7 Å². The maximum Gasteiger partial charge on any atom is 0.0398 e. The third-order valence-electron chi connectivity index (χ3n) is 3.56. The van der Waals surface area contributed by atoms with E-state index in [1.165, 1.54) is 32.2 Å². The highest BCUT2D eigenvalue weighted by atomic mass is 15.2. The van der Waals surface area contributed by atoms with Crippen molar-refractivity contribution in [2.45, 2.75) is 58.0 Å². The molecule has 1 aliphatic carbocycles. The average molecular weight is 179 g/mol. The summed E-state index contributed by atoms with van der Waals surface area (Å²) in [5, 5.41) is 0. The number of rotatable bonds is 2. The maximum atomic E-state index is 2.69. The Morgan fingerprint density at radius 1 is 1.46 bits per heavy atom. The fourth-order valence-electron chi connectivity index (χ4n) is 2.63. The molecule has 0 amide bonds. The Bertz CT molecular complexity index is 223. The van der Waals surface area contributed by atoms with Crippen LogP contribution in [-0.2, 0) is 0 Å². The summed E-state index contributed by atoms with van der Waals surface area (Å²) in [6, 6.07) is 0.720. The van der Waals surface area contributed by atoms with Gasteiger partial charge in [0.15, 0.2) is 0 Å². The molecule has 13 heavy (non-hydrogen) atoms. The third kappa shape index (κ3) is 1.54. The predicted molar refractivity (Wildman–Crippen MR) is 56.8 cm³/mol. The van der Waals surface area contributed by atoms with Crippen molar-refractivity contribution in [3.63, 3.8) is 0 Å². The van der Waals surface area contributed by atoms with Crippen LogP contribution in [0.2, 0.25) is 0 Å². The summed E-state index contributed by atoms with van der Waals surface area (Å²) in [6.07, 6.45) is 7.92. The minimum absolute atomic E-state index is 0.512. The molecule has 1 saturated carbocycles. The van der Waals surface area contributed by atoms with E-state index in [4.69, 9.17) is 0 Å². The molecule has 74 valence electrons. The Labute approximate surface area is 81.8 Å². The van der Waals surface area contributed by atoms with Crippen molar-refractivity contribution in [1.82, 2.24) is 4.90 Å². The van der Waals surface area contributed by atoms with Crippen LogP contribution in [0.4, 0.5) is 0 Å². The monoisotopic (exact) mass is 179 g/mol. The van der Waals surface area contributed by atoms with E-state index in [1.807, 2.05) is 0 Å². The van der Waals surface area contributed by atoms with E-state index in [9.17, 15) is 0 Å². The van der Waals surface area contributed by atoms with Gasteiger partial charge in [0.2, 0.25) is 0 Å². The first-order chi connectivity index (χ1) is 6.18. The highest BCUT2D eigenvalue weighted by Gasteiger charge is 2.48. The Balaban J connectivity index is 2.16. The summed E-state index contributed by atoms with van der Waals surface area (Å²) in [6.45, 7) is 8.22. The van der Waals surface area contributed by atoms with Crippen LogP contribution in [0.15, 0.2) is 11.6 Å². The lowest BCUT2D eigenvalue weighted by Crippen LogP contribution is -2.44. The van der Waals surface area contributed by atoms with E-state index in [-0.39, 0.29) is 0 Å². The van der Waals surface area contributed by atoms with Crippen molar-refractivity contribution in [2.24, 2.45) is 0 Å². The van der Waals surface area contributed by atoms with Crippen molar-refractivity contribution < 1.29 is 0 Å². The van der Waals surface area contributed by atoms with Crippen molar-refractivity contribution in [2.75, 3.05) is 6.54 Å². The van der Waals surface area contributed by atoms with Crippen LogP contribution in [0, 0.1) is 0 Å². The number of hydrogen-bond acceptors (Lipinski definition) is 1. The average Bonchev–Trinajstić information content (AvgIpc) is 2.84. The van der Waals surface area contributed by atoms with Crippen molar-refractivity contribution in [3.8, 4) is 0 Å². The standard InChI is InChI=1S/C12H21N/c1-4-11-5-8-13(10(2)3)12(9-11)6-7-12/h9-10H,4-8H2,1-3H3. The third-order valence-corrected chi connectivity index (χ3v) is 3.56. The maximum absolute atomic E-state index is 2.69. The highest BCUT2D eigenvalue weighted by Crippen LogP contribution is 2.47. The van der Waals surface area contributed by atoms with Gasteiger partial charge in [-0.05, 0) is 39.5 Å². The van der Waals surface area contributed by atoms with Gasteiger partial charge in [-0.3, -0.25) is 4.90 Å². The summed E-state index contributed by atoms with van der Waals surface area (Å²) < 4.78 is 0. The zero-order valence-electron chi connectivity index (χ0n) is 9.14. The molecule has 1 fully saturated rings. The normalized spacial score (nSPS) is 26.6. The van der Waals surface area contributed by atoms with Crippen LogP contribution in [0.5, 0.6) is 0 Å². The van der Waals surface area contributed by atoms with Crippen molar-refractivity contribution >= 4 is 0 Å². The van der Waals surface area contributed by atoms with Crippen molar-refractivity contribution in [1.29, 1.82) is 0 Å². The summed E-state index contributed by atoms with van der Waals surface area (Å²) in [7, 11) is 0. The molecule has 1 spiro atoms. The zero-order valence-corrected chi connectivity index (χ0v) is 9.14. The lowest BCUT2D eigenvalue weighted by Gasteiger charge is -2.38. The SMILES string of the molecule is CCC1=CC2(CC2)N(C(C)C)CC1. The van der Waals surface area contributed by atoms with Gasteiger partial charge in [-0.15, -0.1) is 0 Å². The second kappa shape index (κ2) is 3.13. The molecule has 1 nitrogen and oxygen atoms in total. The van der Waals surface area contributed by atoms with Gasteiger partial charge in [0, 0.05) is 18.1 Å². The lowest BCUT2D eigenvalue weighted by atomic mass is 9.97. The first-order valence-corrected chi connectivity index (χ1v) is 5.65. The van der Waals surface area contributed by atoms with Gasteiger partial charge < -0.3 is 0 Å². The van der Waals surface area contributed by atoms with Gasteiger partial charge in [0.05, 0.1) is 0 Å². The highest BCUT2D eigenvalue weighted by molar-refractivity contribution is 5.26. The molecular weight excluding hydrogens is 158 g/mol. The van der Waals surface area contributed by atoms with Crippen LogP contribution < -0.4 is 0 Å². The molecule has 1 aliphatic heterocycles. The minimum Gasteiger partial charge on any atom is -0.291 e. The number of nitrogens with zero attached hydrogens (tertiary/aromatic N) is 1. The van der Waals surface area contributed by atoms with Crippen LogP contribution in [0.25, 0.3) is 0 Å². The molecule has 2 aliphatic rings.